The van der Waals surface area contributed by atoms with E-state index in [2.05, 4.69) is 0 Å². The van der Waals surface area contributed by atoms with Gasteiger partial charge in [0.1, 0.15) is 5.75 Å². The number of nitro groups is 1. The predicted molar refractivity (Wildman–Crippen MR) is 67.0 cm³/mol. The summed E-state index contributed by atoms with van der Waals surface area (Å²) in [6.45, 7) is 1.44. The van der Waals surface area contributed by atoms with Crippen LogP contribution < -0.4 is 4.74 Å². The molecule has 0 aliphatic heterocycles. The maximum Gasteiger partial charge on any atom is 0.274 e. The van der Waals surface area contributed by atoms with Crippen molar-refractivity contribution < 1.29 is 18.1 Å². The second-order valence-corrected chi connectivity index (χ2v) is 6.31. The van der Waals surface area contributed by atoms with Gasteiger partial charge in [-0.15, -0.1) is 11.6 Å². The molecule has 0 saturated heterocycles. The molecule has 0 aliphatic rings. The van der Waals surface area contributed by atoms with E-state index in [0.717, 1.165) is 12.1 Å². The van der Waals surface area contributed by atoms with Crippen LogP contribution in [0.5, 0.6) is 5.75 Å². The molecule has 1 aromatic carbocycles. The SMILES string of the molecule is COc1cc([N+](=O)[O-])cc(S(=O)(=O)C(C)CCl)c1. The fourth-order valence-corrected chi connectivity index (χ4v) is 2.95. The monoisotopic (exact) mass is 293 g/mol. The Bertz CT molecular complexity index is 557. The van der Waals surface area contributed by atoms with Gasteiger partial charge in [0, 0.05) is 11.9 Å². The molecule has 1 rings (SSSR count). The van der Waals surface area contributed by atoms with Gasteiger partial charge in [-0.1, -0.05) is 0 Å². The maximum absolute atomic E-state index is 12.0. The second-order valence-electron chi connectivity index (χ2n) is 3.63. The third-order valence-corrected chi connectivity index (χ3v) is 5.15. The maximum atomic E-state index is 12.0. The number of nitrogens with zero attached hydrogens (tertiary/aromatic N) is 1. The Hall–Kier alpha value is -1.34. The molecule has 0 radical (unpaired) electrons. The Morgan fingerprint density at radius 3 is 2.50 bits per heavy atom. The summed E-state index contributed by atoms with van der Waals surface area (Å²) in [6, 6.07) is 3.40. The number of nitro benzene ring substituents is 1. The fourth-order valence-electron chi connectivity index (χ4n) is 1.26. The molecule has 8 heteroatoms. The Morgan fingerprint density at radius 2 is 2.06 bits per heavy atom. The standard InChI is InChI=1S/C10H12ClNO5S/c1-7(6-11)18(15,16)10-4-8(12(13)14)3-9(5-10)17-2/h3-5,7H,6H2,1-2H3. The molecule has 1 aromatic rings. The lowest BCUT2D eigenvalue weighted by Gasteiger charge is -2.10. The van der Waals surface area contributed by atoms with Gasteiger partial charge in [-0.2, -0.15) is 0 Å². The van der Waals surface area contributed by atoms with Gasteiger partial charge in [-0.3, -0.25) is 10.1 Å². The van der Waals surface area contributed by atoms with E-state index in [1.54, 1.807) is 0 Å². The summed E-state index contributed by atoms with van der Waals surface area (Å²) >= 11 is 5.52. The van der Waals surface area contributed by atoms with Crippen LogP contribution in [0.1, 0.15) is 6.92 Å². The van der Waals surface area contributed by atoms with E-state index >= 15 is 0 Å². The molecule has 1 unspecified atom stereocenters. The normalized spacial score (nSPS) is 13.1. The molecule has 0 aromatic heterocycles. The molecule has 0 N–H and O–H groups in total. The van der Waals surface area contributed by atoms with Crippen LogP contribution in [0.25, 0.3) is 0 Å². The highest BCUT2D eigenvalue weighted by molar-refractivity contribution is 7.92. The van der Waals surface area contributed by atoms with E-state index in [1.165, 1.54) is 20.1 Å². The first kappa shape index (κ1) is 14.7. The first-order chi connectivity index (χ1) is 8.32. The molecule has 0 aliphatic carbocycles. The molecule has 0 bridgehead atoms. The number of hydrogen-bond donors (Lipinski definition) is 0. The Balaban J connectivity index is 3.41. The lowest BCUT2D eigenvalue weighted by molar-refractivity contribution is -0.385. The number of rotatable bonds is 5. The average Bonchev–Trinajstić information content (AvgIpc) is 2.36. The summed E-state index contributed by atoms with van der Waals surface area (Å²) in [5.74, 6) is 0.0254. The van der Waals surface area contributed by atoms with Gasteiger partial charge in [0.2, 0.25) is 0 Å². The van der Waals surface area contributed by atoms with Gasteiger partial charge in [-0.05, 0) is 13.0 Å². The van der Waals surface area contributed by atoms with Gasteiger partial charge in [0.05, 0.1) is 28.2 Å². The van der Waals surface area contributed by atoms with Crippen molar-refractivity contribution >= 4 is 27.1 Å². The lowest BCUT2D eigenvalue weighted by Crippen LogP contribution is -2.19. The minimum Gasteiger partial charge on any atom is -0.496 e. The molecule has 0 heterocycles. The second kappa shape index (κ2) is 5.53. The quantitative estimate of drug-likeness (QED) is 0.471. The van der Waals surface area contributed by atoms with Crippen molar-refractivity contribution in [2.75, 3.05) is 13.0 Å². The molecule has 0 saturated carbocycles. The van der Waals surface area contributed by atoms with Crippen molar-refractivity contribution in [2.45, 2.75) is 17.1 Å². The molecule has 0 amide bonds. The van der Waals surface area contributed by atoms with Gasteiger partial charge in [0.25, 0.3) is 5.69 Å². The number of halogens is 1. The minimum atomic E-state index is -3.69. The van der Waals surface area contributed by atoms with Crippen molar-refractivity contribution in [3.63, 3.8) is 0 Å². The zero-order chi connectivity index (χ0) is 13.9. The molecule has 100 valence electrons. The Labute approximate surface area is 110 Å². The summed E-state index contributed by atoms with van der Waals surface area (Å²) < 4.78 is 28.9. The van der Waals surface area contributed by atoms with Crippen LogP contribution in [-0.4, -0.2) is 31.6 Å². The topological polar surface area (TPSA) is 86.5 Å². The molecule has 18 heavy (non-hydrogen) atoms. The number of non-ortho nitro benzene ring substituents is 1. The number of alkyl halides is 1. The van der Waals surface area contributed by atoms with E-state index in [4.69, 9.17) is 16.3 Å². The first-order valence-corrected chi connectivity index (χ1v) is 7.04. The van der Waals surface area contributed by atoms with Gasteiger partial charge >= 0.3 is 0 Å². The van der Waals surface area contributed by atoms with Gasteiger partial charge in [-0.25, -0.2) is 8.42 Å². The third kappa shape index (κ3) is 2.91. The Morgan fingerprint density at radius 1 is 1.44 bits per heavy atom. The number of methoxy groups -OCH3 is 1. The summed E-state index contributed by atoms with van der Waals surface area (Å²) in [5, 5.41) is 9.89. The summed E-state index contributed by atoms with van der Waals surface area (Å²) in [6.07, 6.45) is 0. The molecular formula is C10H12ClNO5S. The average molecular weight is 294 g/mol. The van der Waals surface area contributed by atoms with Crippen molar-refractivity contribution in [3.05, 3.63) is 28.3 Å². The highest BCUT2D eigenvalue weighted by Crippen LogP contribution is 2.27. The van der Waals surface area contributed by atoms with Crippen molar-refractivity contribution in [1.82, 2.24) is 0 Å². The van der Waals surface area contributed by atoms with Crippen molar-refractivity contribution in [2.24, 2.45) is 0 Å². The van der Waals surface area contributed by atoms with Crippen LogP contribution in [0.4, 0.5) is 5.69 Å². The fraction of sp³-hybridized carbons (Fsp3) is 0.400. The minimum absolute atomic E-state index is 0.0899. The number of sulfone groups is 1. The van der Waals surface area contributed by atoms with Crippen molar-refractivity contribution in [3.8, 4) is 5.75 Å². The van der Waals surface area contributed by atoms with Crippen LogP contribution in [0, 0.1) is 10.1 Å². The number of benzene rings is 1. The van der Waals surface area contributed by atoms with Crippen LogP contribution in [0.3, 0.4) is 0 Å². The summed E-state index contributed by atoms with van der Waals surface area (Å²) in [7, 11) is -2.39. The molecular weight excluding hydrogens is 282 g/mol. The summed E-state index contributed by atoms with van der Waals surface area (Å²) in [4.78, 5) is 9.88. The molecule has 6 nitrogen and oxygen atoms in total. The molecule has 1 atom stereocenters. The van der Waals surface area contributed by atoms with Crippen LogP contribution >= 0.6 is 11.6 Å². The van der Waals surface area contributed by atoms with E-state index in [0.29, 0.717) is 0 Å². The van der Waals surface area contributed by atoms with E-state index in [1.807, 2.05) is 0 Å². The van der Waals surface area contributed by atoms with Gasteiger partial charge < -0.3 is 4.74 Å². The van der Waals surface area contributed by atoms with E-state index in [-0.39, 0.29) is 22.2 Å². The zero-order valence-corrected chi connectivity index (χ0v) is 11.4. The smallest absolute Gasteiger partial charge is 0.274 e. The molecule has 0 fully saturated rings. The highest BCUT2D eigenvalue weighted by Gasteiger charge is 2.25. The van der Waals surface area contributed by atoms with Crippen LogP contribution in [0.2, 0.25) is 0 Å². The Kier molecular flexibility index (Phi) is 4.53. The zero-order valence-electron chi connectivity index (χ0n) is 9.79. The number of hydrogen-bond acceptors (Lipinski definition) is 5. The van der Waals surface area contributed by atoms with Crippen molar-refractivity contribution in [1.29, 1.82) is 0 Å². The number of ether oxygens (including phenoxy) is 1. The van der Waals surface area contributed by atoms with Crippen LogP contribution in [0.15, 0.2) is 23.1 Å². The van der Waals surface area contributed by atoms with Gasteiger partial charge in [0.15, 0.2) is 9.84 Å². The molecule has 0 spiro atoms. The largest absolute Gasteiger partial charge is 0.496 e. The third-order valence-electron chi connectivity index (χ3n) is 2.39. The summed E-state index contributed by atoms with van der Waals surface area (Å²) in [5.41, 5.74) is -0.338. The van der Waals surface area contributed by atoms with E-state index in [9.17, 15) is 18.5 Å². The highest BCUT2D eigenvalue weighted by atomic mass is 35.5. The predicted octanol–water partition coefficient (Wildman–Crippen LogP) is 2.00. The lowest BCUT2D eigenvalue weighted by atomic mass is 10.3. The van der Waals surface area contributed by atoms with E-state index < -0.39 is 20.0 Å². The first-order valence-electron chi connectivity index (χ1n) is 4.96. The van der Waals surface area contributed by atoms with Crippen LogP contribution in [-0.2, 0) is 9.84 Å².